The summed E-state index contributed by atoms with van der Waals surface area (Å²) in [6, 6.07) is 4.98. The fourth-order valence-corrected chi connectivity index (χ4v) is 4.12. The van der Waals surface area contributed by atoms with Crippen LogP contribution in [0.25, 0.3) is 0 Å². The number of hydrogen-bond acceptors (Lipinski definition) is 3. The number of thiophene rings is 1. The Morgan fingerprint density at radius 1 is 1.62 bits per heavy atom. The van der Waals surface area contributed by atoms with Crippen molar-refractivity contribution in [2.45, 2.75) is 12.5 Å². The van der Waals surface area contributed by atoms with Crippen LogP contribution < -0.4 is 5.32 Å². The van der Waals surface area contributed by atoms with Gasteiger partial charge in [0.15, 0.2) is 0 Å². The lowest BCUT2D eigenvalue weighted by Crippen LogP contribution is -2.24. The number of thioether (sulfide) groups is 1. The molecule has 0 bridgehead atoms. The molecule has 0 radical (unpaired) electrons. The quantitative estimate of drug-likeness (QED) is 0.828. The Kier molecular flexibility index (Phi) is 3.30. The van der Waals surface area contributed by atoms with E-state index in [1.54, 1.807) is 0 Å². The van der Waals surface area contributed by atoms with Gasteiger partial charge in [-0.05, 0) is 42.3 Å². The van der Waals surface area contributed by atoms with Gasteiger partial charge in [-0.2, -0.15) is 11.8 Å². The monoisotopic (exact) mass is 213 g/mol. The third-order valence-corrected chi connectivity index (χ3v) is 4.74. The van der Waals surface area contributed by atoms with E-state index in [0.29, 0.717) is 6.04 Å². The largest absolute Gasteiger partial charge is 0.312 e. The zero-order chi connectivity index (χ0) is 9.10. The molecule has 3 heteroatoms. The summed E-state index contributed by atoms with van der Waals surface area (Å²) in [6.07, 6.45) is 1.37. The molecule has 1 saturated heterocycles. The molecule has 1 N–H and O–H groups in total. The minimum atomic E-state index is 0.593. The topological polar surface area (TPSA) is 12.0 Å². The molecule has 1 aromatic rings. The van der Waals surface area contributed by atoms with Crippen molar-refractivity contribution in [2.24, 2.45) is 5.92 Å². The molecule has 2 heterocycles. The van der Waals surface area contributed by atoms with Crippen LogP contribution in [-0.2, 0) is 0 Å². The van der Waals surface area contributed by atoms with E-state index in [1.165, 1.54) is 22.8 Å². The van der Waals surface area contributed by atoms with Crippen molar-refractivity contribution in [3.05, 3.63) is 22.4 Å². The van der Waals surface area contributed by atoms with Crippen molar-refractivity contribution in [1.29, 1.82) is 0 Å². The van der Waals surface area contributed by atoms with Crippen LogP contribution >= 0.6 is 23.1 Å². The highest BCUT2D eigenvalue weighted by atomic mass is 32.2. The van der Waals surface area contributed by atoms with E-state index in [0.717, 1.165) is 5.92 Å². The van der Waals surface area contributed by atoms with Crippen LogP contribution in [0.3, 0.4) is 0 Å². The molecule has 0 amide bonds. The average Bonchev–Trinajstić information content (AvgIpc) is 2.76. The molecule has 1 aliphatic rings. The molecule has 1 aliphatic heterocycles. The van der Waals surface area contributed by atoms with Crippen molar-refractivity contribution < 1.29 is 0 Å². The van der Waals surface area contributed by atoms with E-state index < -0.39 is 0 Å². The predicted molar refractivity (Wildman–Crippen MR) is 61.6 cm³/mol. The van der Waals surface area contributed by atoms with Gasteiger partial charge in [-0.15, -0.1) is 11.3 Å². The highest BCUT2D eigenvalue weighted by molar-refractivity contribution is 7.99. The van der Waals surface area contributed by atoms with Gasteiger partial charge in [0, 0.05) is 10.9 Å². The van der Waals surface area contributed by atoms with E-state index in [2.05, 4.69) is 41.6 Å². The summed E-state index contributed by atoms with van der Waals surface area (Å²) in [5.41, 5.74) is 0. The maximum Gasteiger partial charge on any atom is 0.0449 e. The second-order valence-corrected chi connectivity index (χ2v) is 5.53. The molecule has 72 valence electrons. The van der Waals surface area contributed by atoms with Crippen LogP contribution in [-0.4, -0.2) is 18.6 Å². The molecule has 2 atom stereocenters. The molecule has 0 aliphatic carbocycles. The molecular weight excluding hydrogens is 198 g/mol. The molecular formula is C10H15NS2. The fourth-order valence-electron chi connectivity index (χ4n) is 1.89. The van der Waals surface area contributed by atoms with Crippen LogP contribution in [0, 0.1) is 5.92 Å². The third kappa shape index (κ3) is 2.09. The SMILES string of the molecule is CNC(c1cccs1)C1CCSC1. The summed E-state index contributed by atoms with van der Waals surface area (Å²) >= 11 is 3.96. The van der Waals surface area contributed by atoms with Gasteiger partial charge in [0.1, 0.15) is 0 Å². The lowest BCUT2D eigenvalue weighted by atomic mass is 9.98. The first-order valence-electron chi connectivity index (χ1n) is 4.70. The van der Waals surface area contributed by atoms with Gasteiger partial charge < -0.3 is 5.32 Å². The molecule has 2 unspecified atom stereocenters. The second-order valence-electron chi connectivity index (χ2n) is 3.41. The summed E-state index contributed by atoms with van der Waals surface area (Å²) in [6.45, 7) is 0. The van der Waals surface area contributed by atoms with Gasteiger partial charge in [0.2, 0.25) is 0 Å². The predicted octanol–water partition coefficient (Wildman–Crippen LogP) is 2.76. The summed E-state index contributed by atoms with van der Waals surface area (Å²) < 4.78 is 0. The Morgan fingerprint density at radius 3 is 3.08 bits per heavy atom. The Morgan fingerprint density at radius 2 is 2.54 bits per heavy atom. The molecule has 0 aromatic carbocycles. The van der Waals surface area contributed by atoms with E-state index in [-0.39, 0.29) is 0 Å². The first-order chi connectivity index (χ1) is 6.42. The van der Waals surface area contributed by atoms with Gasteiger partial charge in [-0.3, -0.25) is 0 Å². The minimum absolute atomic E-state index is 0.593. The van der Waals surface area contributed by atoms with Crippen LogP contribution in [0.2, 0.25) is 0 Å². The Balaban J connectivity index is 2.08. The van der Waals surface area contributed by atoms with Gasteiger partial charge >= 0.3 is 0 Å². The van der Waals surface area contributed by atoms with E-state index in [4.69, 9.17) is 0 Å². The lowest BCUT2D eigenvalue weighted by Gasteiger charge is -2.20. The highest BCUT2D eigenvalue weighted by Crippen LogP contribution is 2.35. The van der Waals surface area contributed by atoms with Gasteiger partial charge in [-0.1, -0.05) is 6.07 Å². The van der Waals surface area contributed by atoms with Crippen LogP contribution in [0.1, 0.15) is 17.3 Å². The minimum Gasteiger partial charge on any atom is -0.312 e. The fraction of sp³-hybridized carbons (Fsp3) is 0.600. The van der Waals surface area contributed by atoms with Crippen molar-refractivity contribution in [1.82, 2.24) is 5.32 Å². The second kappa shape index (κ2) is 4.49. The molecule has 0 spiro atoms. The first-order valence-corrected chi connectivity index (χ1v) is 6.73. The number of rotatable bonds is 3. The van der Waals surface area contributed by atoms with Crippen molar-refractivity contribution in [3.8, 4) is 0 Å². The standard InChI is InChI=1S/C10H15NS2/c1-11-10(8-4-6-12-7-8)9-3-2-5-13-9/h2-3,5,8,10-11H,4,6-7H2,1H3. The average molecular weight is 213 g/mol. The molecule has 1 aromatic heterocycles. The van der Waals surface area contributed by atoms with Gasteiger partial charge in [0.05, 0.1) is 0 Å². The third-order valence-electron chi connectivity index (χ3n) is 2.60. The van der Waals surface area contributed by atoms with Crippen LogP contribution in [0.5, 0.6) is 0 Å². The maximum atomic E-state index is 3.44. The Labute approximate surface area is 87.9 Å². The molecule has 13 heavy (non-hydrogen) atoms. The smallest absolute Gasteiger partial charge is 0.0449 e. The summed E-state index contributed by atoms with van der Waals surface area (Å²) in [5, 5.41) is 5.61. The van der Waals surface area contributed by atoms with E-state index in [9.17, 15) is 0 Å². The van der Waals surface area contributed by atoms with Crippen molar-refractivity contribution in [2.75, 3.05) is 18.6 Å². The molecule has 0 saturated carbocycles. The van der Waals surface area contributed by atoms with Crippen molar-refractivity contribution >= 4 is 23.1 Å². The number of nitrogens with one attached hydrogen (secondary N) is 1. The van der Waals surface area contributed by atoms with Crippen LogP contribution in [0.4, 0.5) is 0 Å². The van der Waals surface area contributed by atoms with E-state index >= 15 is 0 Å². The summed E-state index contributed by atoms with van der Waals surface area (Å²) in [5.74, 6) is 3.51. The van der Waals surface area contributed by atoms with Crippen LogP contribution in [0.15, 0.2) is 17.5 Å². The highest BCUT2D eigenvalue weighted by Gasteiger charge is 2.25. The zero-order valence-electron chi connectivity index (χ0n) is 7.82. The Bertz CT molecular complexity index is 239. The summed E-state index contributed by atoms with van der Waals surface area (Å²) in [7, 11) is 2.08. The maximum absolute atomic E-state index is 3.44. The van der Waals surface area contributed by atoms with Gasteiger partial charge in [0.25, 0.3) is 0 Å². The Hall–Kier alpha value is 0.01000. The first kappa shape index (κ1) is 9.56. The van der Waals surface area contributed by atoms with Gasteiger partial charge in [-0.25, -0.2) is 0 Å². The van der Waals surface area contributed by atoms with Crippen molar-refractivity contribution in [3.63, 3.8) is 0 Å². The number of hydrogen-bond donors (Lipinski definition) is 1. The summed E-state index contributed by atoms with van der Waals surface area (Å²) in [4.78, 5) is 1.50. The zero-order valence-corrected chi connectivity index (χ0v) is 9.46. The molecule has 1 fully saturated rings. The lowest BCUT2D eigenvalue weighted by molar-refractivity contribution is 0.426. The molecule has 1 nitrogen and oxygen atoms in total. The molecule has 2 rings (SSSR count). The van der Waals surface area contributed by atoms with E-state index in [1.807, 2.05) is 11.3 Å². The normalized spacial score (nSPS) is 24.8.